The van der Waals surface area contributed by atoms with Gasteiger partial charge < -0.3 is 5.73 Å². The molecule has 1 aromatic heterocycles. The van der Waals surface area contributed by atoms with Crippen LogP contribution in [0.25, 0.3) is 0 Å². The molecule has 0 aliphatic rings. The third-order valence-corrected chi connectivity index (χ3v) is 4.86. The van der Waals surface area contributed by atoms with E-state index in [1.165, 1.54) is 0 Å². The summed E-state index contributed by atoms with van der Waals surface area (Å²) in [5.74, 6) is 0.517. The van der Waals surface area contributed by atoms with E-state index in [0.29, 0.717) is 16.0 Å². The molecule has 0 aliphatic carbocycles. The van der Waals surface area contributed by atoms with Crippen LogP contribution in [-0.2, 0) is 18.5 Å². The molecule has 1 rings (SSSR count). The molecule has 1 atom stereocenters. The summed E-state index contributed by atoms with van der Waals surface area (Å²) in [5, 5.41) is 0.928. The first-order valence-electron chi connectivity index (χ1n) is 5.25. The topological polar surface area (TPSA) is 38.9 Å². The first-order chi connectivity index (χ1) is 7.88. The lowest BCUT2D eigenvalue weighted by atomic mass is 10.3. The second-order valence-electron chi connectivity index (χ2n) is 3.61. The van der Waals surface area contributed by atoms with Crippen LogP contribution in [0.5, 0.6) is 0 Å². The van der Waals surface area contributed by atoms with E-state index < -0.39 is 11.9 Å². The first kappa shape index (κ1) is 14.8. The van der Waals surface area contributed by atoms with E-state index in [9.17, 15) is 13.2 Å². The van der Waals surface area contributed by atoms with Gasteiger partial charge in [0.1, 0.15) is 5.01 Å². The monoisotopic (exact) mass is 284 g/mol. The molecule has 17 heavy (non-hydrogen) atoms. The van der Waals surface area contributed by atoms with Crippen molar-refractivity contribution >= 4 is 23.1 Å². The van der Waals surface area contributed by atoms with Crippen LogP contribution >= 0.6 is 23.1 Å². The number of hydrogen-bond acceptors (Lipinski definition) is 4. The van der Waals surface area contributed by atoms with Gasteiger partial charge in [-0.25, -0.2) is 4.98 Å². The second kappa shape index (κ2) is 6.06. The standard InChI is InChI=1S/C10H15F3N2S2/c1-3-6(2)16-5-8-15-9(10(11,12)13)7(4-14)17-8/h6H,3-5,14H2,1-2H3. The van der Waals surface area contributed by atoms with Crippen LogP contribution in [0.15, 0.2) is 0 Å². The Balaban J connectivity index is 2.79. The minimum absolute atomic E-state index is 0.111. The molecule has 1 unspecified atom stereocenters. The van der Waals surface area contributed by atoms with Gasteiger partial charge in [-0.15, -0.1) is 11.3 Å². The molecule has 0 saturated carbocycles. The largest absolute Gasteiger partial charge is 0.434 e. The van der Waals surface area contributed by atoms with Gasteiger partial charge in [0.2, 0.25) is 0 Å². The van der Waals surface area contributed by atoms with Gasteiger partial charge in [0.25, 0.3) is 0 Å². The molecule has 0 bridgehead atoms. The van der Waals surface area contributed by atoms with Crippen molar-refractivity contribution in [1.82, 2.24) is 4.98 Å². The number of aromatic nitrogens is 1. The maximum absolute atomic E-state index is 12.6. The minimum Gasteiger partial charge on any atom is -0.326 e. The van der Waals surface area contributed by atoms with Crippen molar-refractivity contribution in [3.63, 3.8) is 0 Å². The number of halogens is 3. The number of nitrogens with two attached hydrogens (primary N) is 1. The zero-order valence-corrected chi connectivity index (χ0v) is 11.3. The van der Waals surface area contributed by atoms with Crippen LogP contribution in [-0.4, -0.2) is 10.2 Å². The molecular formula is C10H15F3N2S2. The van der Waals surface area contributed by atoms with Crippen molar-refractivity contribution in [1.29, 1.82) is 0 Å². The number of thiazole rings is 1. The van der Waals surface area contributed by atoms with E-state index >= 15 is 0 Å². The molecule has 7 heteroatoms. The average molecular weight is 284 g/mol. The Morgan fingerprint density at radius 2 is 2.12 bits per heavy atom. The number of hydrogen-bond donors (Lipinski definition) is 1. The van der Waals surface area contributed by atoms with Gasteiger partial charge in [0, 0.05) is 17.5 Å². The Kier molecular flexibility index (Phi) is 5.27. The fourth-order valence-corrected chi connectivity index (χ4v) is 3.08. The van der Waals surface area contributed by atoms with Crippen molar-refractivity contribution in [3.05, 3.63) is 15.6 Å². The van der Waals surface area contributed by atoms with Gasteiger partial charge in [0.15, 0.2) is 5.69 Å². The smallest absolute Gasteiger partial charge is 0.326 e. The summed E-state index contributed by atoms with van der Waals surface area (Å²) in [4.78, 5) is 3.77. The van der Waals surface area contributed by atoms with Crippen molar-refractivity contribution < 1.29 is 13.2 Å². The maximum atomic E-state index is 12.6. The van der Waals surface area contributed by atoms with E-state index in [4.69, 9.17) is 5.73 Å². The number of thioether (sulfide) groups is 1. The number of rotatable bonds is 5. The Morgan fingerprint density at radius 3 is 2.53 bits per heavy atom. The van der Waals surface area contributed by atoms with Crippen molar-refractivity contribution in [2.75, 3.05) is 0 Å². The Bertz CT molecular complexity index is 363. The molecule has 0 aromatic carbocycles. The van der Waals surface area contributed by atoms with E-state index in [1.807, 2.05) is 13.8 Å². The molecule has 2 nitrogen and oxygen atoms in total. The van der Waals surface area contributed by atoms with Gasteiger partial charge in [-0.2, -0.15) is 24.9 Å². The normalized spacial score (nSPS) is 14.0. The summed E-state index contributed by atoms with van der Waals surface area (Å²) in [6.07, 6.45) is -3.41. The third kappa shape index (κ3) is 4.15. The fraction of sp³-hybridized carbons (Fsp3) is 0.700. The number of alkyl halides is 3. The third-order valence-electron chi connectivity index (χ3n) is 2.26. The van der Waals surface area contributed by atoms with Gasteiger partial charge in [0.05, 0.1) is 4.88 Å². The van der Waals surface area contributed by atoms with Crippen LogP contribution in [0.1, 0.15) is 35.8 Å². The van der Waals surface area contributed by atoms with Crippen LogP contribution in [0, 0.1) is 0 Å². The molecule has 0 aliphatic heterocycles. The molecule has 2 N–H and O–H groups in total. The molecule has 1 aromatic rings. The van der Waals surface area contributed by atoms with Crippen LogP contribution in [0.2, 0.25) is 0 Å². The average Bonchev–Trinajstić information content (AvgIpc) is 2.68. The molecule has 98 valence electrons. The van der Waals surface area contributed by atoms with Crippen molar-refractivity contribution in [3.8, 4) is 0 Å². The van der Waals surface area contributed by atoms with E-state index in [1.54, 1.807) is 11.8 Å². The van der Waals surface area contributed by atoms with Gasteiger partial charge in [-0.3, -0.25) is 0 Å². The Labute approximate surface area is 107 Å². The van der Waals surface area contributed by atoms with Crippen LogP contribution < -0.4 is 5.73 Å². The van der Waals surface area contributed by atoms with E-state index in [2.05, 4.69) is 4.98 Å². The predicted octanol–water partition coefficient (Wildman–Crippen LogP) is 3.65. The second-order valence-corrected chi connectivity index (χ2v) is 6.21. The van der Waals surface area contributed by atoms with Crippen molar-refractivity contribution in [2.45, 2.75) is 44.0 Å². The van der Waals surface area contributed by atoms with Crippen molar-refractivity contribution in [2.24, 2.45) is 5.73 Å². The quantitative estimate of drug-likeness (QED) is 0.897. The first-order valence-corrected chi connectivity index (χ1v) is 7.12. The summed E-state index contributed by atoms with van der Waals surface area (Å²) < 4.78 is 37.8. The highest BCUT2D eigenvalue weighted by Gasteiger charge is 2.36. The summed E-state index contributed by atoms with van der Waals surface area (Å²) in [7, 11) is 0. The summed E-state index contributed by atoms with van der Waals surface area (Å²) in [6.45, 7) is 3.99. The minimum atomic E-state index is -4.40. The summed E-state index contributed by atoms with van der Waals surface area (Å²) in [6, 6.07) is 0. The van der Waals surface area contributed by atoms with Crippen LogP contribution in [0.3, 0.4) is 0 Å². The summed E-state index contributed by atoms with van der Waals surface area (Å²) in [5.41, 5.74) is 4.49. The molecule has 0 radical (unpaired) electrons. The van der Waals surface area contributed by atoms with E-state index in [0.717, 1.165) is 17.8 Å². The molecule has 0 saturated heterocycles. The fourth-order valence-electron chi connectivity index (χ4n) is 1.15. The maximum Gasteiger partial charge on any atom is 0.434 e. The molecule has 0 amide bonds. The Hall–Kier alpha value is -0.270. The lowest BCUT2D eigenvalue weighted by molar-refractivity contribution is -0.141. The highest BCUT2D eigenvalue weighted by molar-refractivity contribution is 7.99. The number of nitrogens with zero attached hydrogens (tertiary/aromatic N) is 1. The van der Waals surface area contributed by atoms with Gasteiger partial charge in [-0.05, 0) is 6.42 Å². The van der Waals surface area contributed by atoms with E-state index in [-0.39, 0.29) is 11.4 Å². The molecule has 0 fully saturated rings. The molecule has 1 heterocycles. The SMILES string of the molecule is CCC(C)SCc1nc(C(F)(F)F)c(CN)s1. The molecular weight excluding hydrogens is 269 g/mol. The highest BCUT2D eigenvalue weighted by atomic mass is 32.2. The lowest BCUT2D eigenvalue weighted by Crippen LogP contribution is -2.10. The zero-order chi connectivity index (χ0) is 13.1. The van der Waals surface area contributed by atoms with Gasteiger partial charge >= 0.3 is 6.18 Å². The Morgan fingerprint density at radius 1 is 1.47 bits per heavy atom. The lowest BCUT2D eigenvalue weighted by Gasteiger charge is -2.05. The van der Waals surface area contributed by atoms with Gasteiger partial charge in [-0.1, -0.05) is 13.8 Å². The predicted molar refractivity (Wildman–Crippen MR) is 66.1 cm³/mol. The van der Waals surface area contributed by atoms with Crippen LogP contribution in [0.4, 0.5) is 13.2 Å². The highest BCUT2D eigenvalue weighted by Crippen LogP contribution is 2.35. The zero-order valence-electron chi connectivity index (χ0n) is 9.67. The summed E-state index contributed by atoms with van der Waals surface area (Å²) >= 11 is 2.67. The molecule has 0 spiro atoms.